The molecule has 4 rings (SSSR count). The van der Waals surface area contributed by atoms with Gasteiger partial charge in [0, 0.05) is 25.3 Å². The Hall–Kier alpha value is -2.25. The normalized spacial score (nSPS) is 24.9. The molecule has 0 bridgehead atoms. The van der Waals surface area contributed by atoms with Crippen LogP contribution in [0, 0.1) is 0 Å². The van der Waals surface area contributed by atoms with Crippen molar-refractivity contribution in [1.29, 1.82) is 0 Å². The minimum Gasteiger partial charge on any atom is -0.393 e. The molecule has 2 aromatic rings. The van der Waals surface area contributed by atoms with E-state index in [9.17, 15) is 14.7 Å². The van der Waals surface area contributed by atoms with E-state index in [-0.39, 0.29) is 24.0 Å². The summed E-state index contributed by atoms with van der Waals surface area (Å²) in [6, 6.07) is 7.53. The molecule has 1 unspecified atom stereocenters. The van der Waals surface area contributed by atoms with E-state index >= 15 is 0 Å². The van der Waals surface area contributed by atoms with Gasteiger partial charge in [0.2, 0.25) is 5.91 Å². The van der Waals surface area contributed by atoms with Gasteiger partial charge in [-0.3, -0.25) is 14.6 Å². The number of nitrogens with zero attached hydrogens (tertiary/aromatic N) is 2. The summed E-state index contributed by atoms with van der Waals surface area (Å²) in [5.74, 6) is -0.594. The zero-order valence-electron chi connectivity index (χ0n) is 15.0. The highest BCUT2D eigenvalue weighted by Crippen LogP contribution is 2.29. The molecule has 2 aromatic heterocycles. The van der Waals surface area contributed by atoms with Crippen LogP contribution in [0.1, 0.15) is 52.5 Å². The molecule has 1 atom stereocenters. The molecule has 0 aromatic carbocycles. The molecule has 27 heavy (non-hydrogen) atoms. The number of rotatable bonds is 3. The molecule has 6 nitrogen and oxygen atoms in total. The van der Waals surface area contributed by atoms with Crippen molar-refractivity contribution in [2.24, 2.45) is 0 Å². The number of hydrogen-bond acceptors (Lipinski definition) is 5. The lowest BCUT2D eigenvalue weighted by Crippen LogP contribution is -2.47. The maximum Gasteiger partial charge on any atom is 0.264 e. The molecule has 142 valence electrons. The van der Waals surface area contributed by atoms with Crippen molar-refractivity contribution >= 4 is 23.2 Å². The first kappa shape index (κ1) is 18.1. The van der Waals surface area contributed by atoms with E-state index in [0.717, 1.165) is 24.1 Å². The van der Waals surface area contributed by atoms with Crippen molar-refractivity contribution in [2.45, 2.75) is 50.3 Å². The van der Waals surface area contributed by atoms with Gasteiger partial charge in [-0.05, 0) is 48.8 Å². The van der Waals surface area contributed by atoms with Crippen LogP contribution in [0.3, 0.4) is 0 Å². The fourth-order valence-corrected chi connectivity index (χ4v) is 4.61. The number of carbonyl (C=O) groups excluding carboxylic acids is 2. The van der Waals surface area contributed by atoms with E-state index in [2.05, 4.69) is 10.3 Å². The van der Waals surface area contributed by atoms with Gasteiger partial charge < -0.3 is 15.3 Å². The number of aliphatic hydroxyl groups excluding tert-OH is 1. The largest absolute Gasteiger partial charge is 0.393 e. The van der Waals surface area contributed by atoms with Crippen LogP contribution in [0.15, 0.2) is 35.8 Å². The number of amides is 2. The number of nitrogens with one attached hydrogen (secondary N) is 1. The van der Waals surface area contributed by atoms with E-state index in [4.69, 9.17) is 0 Å². The number of pyridine rings is 1. The van der Waals surface area contributed by atoms with Crippen LogP contribution in [0.5, 0.6) is 0 Å². The van der Waals surface area contributed by atoms with Crippen molar-refractivity contribution in [3.8, 4) is 0 Å². The second-order valence-electron chi connectivity index (χ2n) is 7.28. The van der Waals surface area contributed by atoms with Crippen molar-refractivity contribution in [1.82, 2.24) is 15.2 Å². The van der Waals surface area contributed by atoms with Crippen LogP contribution < -0.4 is 5.32 Å². The van der Waals surface area contributed by atoms with Crippen LogP contribution in [-0.4, -0.2) is 45.5 Å². The van der Waals surface area contributed by atoms with Crippen LogP contribution in [0.2, 0.25) is 0 Å². The lowest BCUT2D eigenvalue weighted by molar-refractivity contribution is -0.124. The topological polar surface area (TPSA) is 82.5 Å². The predicted molar refractivity (Wildman–Crippen MR) is 102 cm³/mol. The molecule has 2 N–H and O–H groups in total. The molecule has 0 radical (unpaired) electrons. The Balaban J connectivity index is 1.53. The third-order valence-electron chi connectivity index (χ3n) is 5.40. The number of hydrogen-bond donors (Lipinski definition) is 2. The van der Waals surface area contributed by atoms with E-state index in [0.29, 0.717) is 30.8 Å². The Labute approximate surface area is 162 Å². The molecular weight excluding hydrogens is 362 g/mol. The minimum absolute atomic E-state index is 0.0434. The van der Waals surface area contributed by atoms with Crippen LogP contribution >= 0.6 is 11.3 Å². The number of aliphatic hydroxyl groups is 1. The fourth-order valence-electron chi connectivity index (χ4n) is 3.92. The van der Waals surface area contributed by atoms with Gasteiger partial charge in [-0.25, -0.2) is 0 Å². The average Bonchev–Trinajstić information content (AvgIpc) is 3.23. The number of carbonyl (C=O) groups is 2. The Morgan fingerprint density at radius 2 is 2.00 bits per heavy atom. The Morgan fingerprint density at radius 1 is 1.19 bits per heavy atom. The summed E-state index contributed by atoms with van der Waals surface area (Å²) in [6.45, 7) is 0.807. The number of thiophene rings is 1. The predicted octanol–water partition coefficient (Wildman–Crippen LogP) is 2.30. The van der Waals surface area contributed by atoms with Gasteiger partial charge in [0.25, 0.3) is 5.91 Å². The lowest BCUT2D eigenvalue weighted by atomic mass is 9.90. The van der Waals surface area contributed by atoms with Gasteiger partial charge in [-0.1, -0.05) is 12.1 Å². The first-order valence-corrected chi connectivity index (χ1v) is 10.2. The van der Waals surface area contributed by atoms with Crippen LogP contribution in [0.4, 0.5) is 0 Å². The monoisotopic (exact) mass is 385 g/mol. The van der Waals surface area contributed by atoms with Gasteiger partial charge in [0.1, 0.15) is 0 Å². The highest BCUT2D eigenvalue weighted by molar-refractivity contribution is 7.12. The van der Waals surface area contributed by atoms with Crippen LogP contribution in [-0.2, 0) is 11.3 Å². The molecule has 1 fully saturated rings. The number of aromatic nitrogens is 1. The molecule has 2 amide bonds. The van der Waals surface area contributed by atoms with Gasteiger partial charge >= 0.3 is 0 Å². The van der Waals surface area contributed by atoms with Gasteiger partial charge in [-0.2, -0.15) is 0 Å². The summed E-state index contributed by atoms with van der Waals surface area (Å²) in [5.41, 5.74) is 1.69. The minimum atomic E-state index is -0.467. The summed E-state index contributed by atoms with van der Waals surface area (Å²) in [6.07, 6.45) is 4.45. The van der Waals surface area contributed by atoms with Crippen molar-refractivity contribution in [3.05, 3.63) is 52.0 Å². The standard InChI is InChI=1S/C20H23N3O3S/c24-15-7-5-14(6-8-15)22-19(25)16-12-23(20(26)17-4-2-10-27-17)11-13-3-1-9-21-18(13)16/h1-4,9-10,14-16,24H,5-8,11-12H2,(H,22,25). The molecule has 1 aliphatic heterocycles. The Bertz CT molecular complexity index is 816. The highest BCUT2D eigenvalue weighted by Gasteiger charge is 2.35. The maximum atomic E-state index is 13.0. The average molecular weight is 385 g/mol. The Morgan fingerprint density at radius 3 is 2.74 bits per heavy atom. The first-order valence-electron chi connectivity index (χ1n) is 9.37. The smallest absolute Gasteiger partial charge is 0.264 e. The molecule has 7 heteroatoms. The third kappa shape index (κ3) is 3.89. The van der Waals surface area contributed by atoms with E-state index < -0.39 is 5.92 Å². The molecule has 0 saturated heterocycles. The van der Waals surface area contributed by atoms with Crippen LogP contribution in [0.25, 0.3) is 0 Å². The number of fused-ring (bicyclic) bond motifs is 1. The molecule has 1 saturated carbocycles. The fraction of sp³-hybridized carbons (Fsp3) is 0.450. The van der Waals surface area contributed by atoms with Gasteiger partial charge in [0.15, 0.2) is 0 Å². The maximum absolute atomic E-state index is 13.0. The molecule has 0 spiro atoms. The summed E-state index contributed by atoms with van der Waals surface area (Å²) in [4.78, 5) is 32.7. The molecule has 2 aliphatic rings. The summed E-state index contributed by atoms with van der Waals surface area (Å²) in [7, 11) is 0. The Kier molecular flexibility index (Phi) is 5.22. The zero-order valence-corrected chi connectivity index (χ0v) is 15.8. The quantitative estimate of drug-likeness (QED) is 0.849. The van der Waals surface area contributed by atoms with Crippen molar-refractivity contribution < 1.29 is 14.7 Å². The highest BCUT2D eigenvalue weighted by atomic mass is 32.1. The van der Waals surface area contributed by atoms with Crippen molar-refractivity contribution in [3.63, 3.8) is 0 Å². The summed E-state index contributed by atoms with van der Waals surface area (Å²) >= 11 is 1.41. The zero-order chi connectivity index (χ0) is 18.8. The van der Waals surface area contributed by atoms with E-state index in [1.165, 1.54) is 11.3 Å². The second kappa shape index (κ2) is 7.78. The van der Waals surface area contributed by atoms with E-state index in [1.807, 2.05) is 29.6 Å². The van der Waals surface area contributed by atoms with Gasteiger partial charge in [-0.15, -0.1) is 11.3 Å². The SMILES string of the molecule is O=C(NC1CCC(O)CC1)C1CN(C(=O)c2cccs2)Cc2cccnc21. The second-order valence-corrected chi connectivity index (χ2v) is 8.23. The van der Waals surface area contributed by atoms with Crippen molar-refractivity contribution in [2.75, 3.05) is 6.54 Å². The summed E-state index contributed by atoms with van der Waals surface area (Å²) in [5, 5.41) is 14.7. The lowest BCUT2D eigenvalue weighted by Gasteiger charge is -2.34. The van der Waals surface area contributed by atoms with Gasteiger partial charge in [0.05, 0.1) is 22.6 Å². The molecular formula is C20H23N3O3S. The first-order chi connectivity index (χ1) is 13.1. The summed E-state index contributed by atoms with van der Waals surface area (Å²) < 4.78 is 0. The van der Waals surface area contributed by atoms with E-state index in [1.54, 1.807) is 11.1 Å². The third-order valence-corrected chi connectivity index (χ3v) is 6.26. The molecule has 3 heterocycles. The molecule has 1 aliphatic carbocycles.